The SMILES string of the molecule is CC/C=C\C/C=C\C/C=C\C/C=C\C/C=C\C/C=C\CCCCCCC(=O)OCC(COC(=O)CCCC/C=C\C/C=C\C/C=C\C/C=C\CC)OC(=O)CCCCCCC/C=C\CCCCCCCCC. The molecule has 0 heterocycles. The second-order valence-electron chi connectivity index (χ2n) is 18.8. The van der Waals surface area contributed by atoms with E-state index >= 15 is 0 Å². The lowest BCUT2D eigenvalue weighted by atomic mass is 10.1. The molecule has 0 aromatic carbocycles. The third-order valence-corrected chi connectivity index (χ3v) is 11.9. The number of ether oxygens (including phenoxy) is 3. The van der Waals surface area contributed by atoms with Crippen LogP contribution in [0.5, 0.6) is 0 Å². The van der Waals surface area contributed by atoms with Gasteiger partial charge in [0, 0.05) is 19.3 Å². The predicted molar refractivity (Wildman–Crippen MR) is 311 cm³/mol. The van der Waals surface area contributed by atoms with Gasteiger partial charge < -0.3 is 14.2 Å². The molecular formula is C66H106O6. The Balaban J connectivity index is 4.50. The number of unbranched alkanes of at least 4 members (excludes halogenated alkanes) is 18. The highest BCUT2D eigenvalue weighted by Crippen LogP contribution is 2.13. The molecular weight excluding hydrogens is 889 g/mol. The van der Waals surface area contributed by atoms with Crippen molar-refractivity contribution in [1.82, 2.24) is 0 Å². The fourth-order valence-corrected chi connectivity index (χ4v) is 7.55. The van der Waals surface area contributed by atoms with Crippen molar-refractivity contribution in [3.63, 3.8) is 0 Å². The fraction of sp³-hybridized carbons (Fsp3) is 0.621. The van der Waals surface area contributed by atoms with E-state index in [0.717, 1.165) is 141 Å². The highest BCUT2D eigenvalue weighted by Gasteiger charge is 2.19. The van der Waals surface area contributed by atoms with Crippen LogP contribution in [0.1, 0.15) is 245 Å². The summed E-state index contributed by atoms with van der Waals surface area (Å²) in [7, 11) is 0. The van der Waals surface area contributed by atoms with Crippen molar-refractivity contribution in [3.05, 3.63) is 134 Å². The van der Waals surface area contributed by atoms with Gasteiger partial charge in [0.2, 0.25) is 0 Å². The van der Waals surface area contributed by atoms with E-state index in [0.29, 0.717) is 25.7 Å². The highest BCUT2D eigenvalue weighted by molar-refractivity contribution is 5.71. The zero-order chi connectivity index (χ0) is 52.2. The van der Waals surface area contributed by atoms with E-state index in [2.05, 4.69) is 154 Å². The number of rotatable bonds is 51. The molecule has 0 spiro atoms. The van der Waals surface area contributed by atoms with Crippen LogP contribution in [0.25, 0.3) is 0 Å². The van der Waals surface area contributed by atoms with Crippen LogP contribution in [0.2, 0.25) is 0 Å². The van der Waals surface area contributed by atoms with Gasteiger partial charge in [-0.3, -0.25) is 14.4 Å². The fourth-order valence-electron chi connectivity index (χ4n) is 7.55. The van der Waals surface area contributed by atoms with E-state index in [4.69, 9.17) is 14.2 Å². The molecule has 0 fully saturated rings. The molecule has 0 bridgehead atoms. The Morgan fingerprint density at radius 2 is 0.542 bits per heavy atom. The molecule has 6 heteroatoms. The van der Waals surface area contributed by atoms with E-state index in [1.54, 1.807) is 0 Å². The minimum absolute atomic E-state index is 0.112. The number of carbonyl (C=O) groups excluding carboxylic acids is 3. The average molecular weight is 996 g/mol. The van der Waals surface area contributed by atoms with Crippen molar-refractivity contribution in [2.24, 2.45) is 0 Å². The lowest BCUT2D eigenvalue weighted by molar-refractivity contribution is -0.167. The maximum atomic E-state index is 12.9. The quantitative estimate of drug-likeness (QED) is 0.0261. The van der Waals surface area contributed by atoms with Crippen molar-refractivity contribution < 1.29 is 28.6 Å². The van der Waals surface area contributed by atoms with Gasteiger partial charge in [-0.2, -0.15) is 0 Å². The van der Waals surface area contributed by atoms with Gasteiger partial charge in [-0.1, -0.05) is 225 Å². The Kier molecular flexibility index (Phi) is 55.5. The summed E-state index contributed by atoms with van der Waals surface area (Å²) < 4.78 is 16.8. The third kappa shape index (κ3) is 56.5. The van der Waals surface area contributed by atoms with Crippen molar-refractivity contribution in [3.8, 4) is 0 Å². The zero-order valence-corrected chi connectivity index (χ0v) is 46.4. The summed E-state index contributed by atoms with van der Waals surface area (Å²) in [5.74, 6) is -0.989. The Labute approximate surface area is 443 Å². The Morgan fingerprint density at radius 1 is 0.292 bits per heavy atom. The molecule has 0 amide bonds. The van der Waals surface area contributed by atoms with Gasteiger partial charge in [-0.05, 0) is 135 Å². The van der Waals surface area contributed by atoms with Crippen molar-refractivity contribution in [2.45, 2.75) is 252 Å². The summed E-state index contributed by atoms with van der Waals surface area (Å²) >= 11 is 0. The van der Waals surface area contributed by atoms with E-state index in [1.165, 1.54) is 57.8 Å². The second kappa shape index (κ2) is 59.1. The highest BCUT2D eigenvalue weighted by atomic mass is 16.6. The van der Waals surface area contributed by atoms with Crippen LogP contribution in [-0.2, 0) is 28.6 Å². The number of hydrogen-bond acceptors (Lipinski definition) is 6. The summed E-state index contributed by atoms with van der Waals surface area (Å²) in [6.07, 6.45) is 83.0. The van der Waals surface area contributed by atoms with Gasteiger partial charge >= 0.3 is 17.9 Å². The summed E-state index contributed by atoms with van der Waals surface area (Å²) in [6.45, 7) is 6.34. The third-order valence-electron chi connectivity index (χ3n) is 11.9. The van der Waals surface area contributed by atoms with Crippen LogP contribution in [0.3, 0.4) is 0 Å². The average Bonchev–Trinajstić information content (AvgIpc) is 3.38. The van der Waals surface area contributed by atoms with Crippen LogP contribution in [0.15, 0.2) is 134 Å². The first kappa shape index (κ1) is 67.5. The predicted octanol–water partition coefficient (Wildman–Crippen LogP) is 19.8. The molecule has 0 aliphatic carbocycles. The van der Waals surface area contributed by atoms with Crippen molar-refractivity contribution in [2.75, 3.05) is 13.2 Å². The molecule has 0 saturated carbocycles. The molecule has 0 N–H and O–H groups in total. The van der Waals surface area contributed by atoms with E-state index < -0.39 is 6.10 Å². The second-order valence-corrected chi connectivity index (χ2v) is 18.8. The number of carbonyl (C=O) groups is 3. The molecule has 0 aromatic heterocycles. The zero-order valence-electron chi connectivity index (χ0n) is 46.4. The summed E-state index contributed by atoms with van der Waals surface area (Å²) in [5.41, 5.74) is 0. The molecule has 1 atom stereocenters. The minimum Gasteiger partial charge on any atom is -0.462 e. The first-order valence-corrected chi connectivity index (χ1v) is 29.2. The standard InChI is InChI=1S/C66H106O6/c1-4-7-10-13-16-19-22-25-28-30-31-32-33-34-35-36-39-41-44-47-50-53-56-59-65(68)71-62-63(61-70-64(67)58-55-52-49-46-43-40-37-27-24-21-18-15-12-9-6-3)72-66(69)60-57-54-51-48-45-42-38-29-26-23-20-17-14-11-8-5-2/h7,9-10,12,16,18-19,21,25,27-29,31-32,34-35,37-39,41,43,46,63H,4-6,8,11,13-15,17,20,22-24,26,30,33,36,40,42,44-45,47-62H2,1-3H3/b10-7-,12-9-,19-16-,21-18-,28-25-,32-31-,35-34-,37-27-,38-29-,41-39-,46-43-. The number of hydrogen-bond donors (Lipinski definition) is 0. The number of allylic oxidation sites excluding steroid dienone is 22. The van der Waals surface area contributed by atoms with Crippen molar-refractivity contribution >= 4 is 17.9 Å². The summed E-state index contributed by atoms with van der Waals surface area (Å²) in [5, 5.41) is 0. The van der Waals surface area contributed by atoms with Gasteiger partial charge in [-0.25, -0.2) is 0 Å². The Hall–Kier alpha value is -4.45. The van der Waals surface area contributed by atoms with Crippen LogP contribution >= 0.6 is 0 Å². The summed E-state index contributed by atoms with van der Waals surface area (Å²) in [6, 6.07) is 0. The molecule has 0 aromatic rings. The van der Waals surface area contributed by atoms with Gasteiger partial charge in [-0.15, -0.1) is 0 Å². The van der Waals surface area contributed by atoms with Crippen LogP contribution < -0.4 is 0 Å². The molecule has 0 radical (unpaired) electrons. The monoisotopic (exact) mass is 995 g/mol. The van der Waals surface area contributed by atoms with Crippen LogP contribution in [0, 0.1) is 0 Å². The number of esters is 3. The molecule has 406 valence electrons. The Morgan fingerprint density at radius 3 is 0.889 bits per heavy atom. The topological polar surface area (TPSA) is 78.9 Å². The molecule has 72 heavy (non-hydrogen) atoms. The largest absolute Gasteiger partial charge is 0.462 e. The van der Waals surface area contributed by atoms with Gasteiger partial charge in [0.15, 0.2) is 6.10 Å². The first-order chi connectivity index (χ1) is 35.5. The lowest BCUT2D eigenvalue weighted by Crippen LogP contribution is -2.30. The maximum absolute atomic E-state index is 12.9. The van der Waals surface area contributed by atoms with Gasteiger partial charge in [0.05, 0.1) is 0 Å². The van der Waals surface area contributed by atoms with E-state index in [9.17, 15) is 14.4 Å². The minimum atomic E-state index is -0.816. The normalized spacial score (nSPS) is 13.1. The molecule has 0 aliphatic rings. The summed E-state index contributed by atoms with van der Waals surface area (Å²) in [4.78, 5) is 38.2. The van der Waals surface area contributed by atoms with Crippen molar-refractivity contribution in [1.29, 1.82) is 0 Å². The Bertz CT molecular complexity index is 1560. The smallest absolute Gasteiger partial charge is 0.306 e. The molecule has 0 aliphatic heterocycles. The lowest BCUT2D eigenvalue weighted by Gasteiger charge is -2.18. The molecule has 0 saturated heterocycles. The van der Waals surface area contributed by atoms with E-state index in [-0.39, 0.29) is 31.1 Å². The first-order valence-electron chi connectivity index (χ1n) is 29.2. The maximum Gasteiger partial charge on any atom is 0.306 e. The van der Waals surface area contributed by atoms with E-state index in [1.807, 2.05) is 0 Å². The molecule has 0 rings (SSSR count). The molecule has 1 unspecified atom stereocenters. The molecule has 6 nitrogen and oxygen atoms in total. The van der Waals surface area contributed by atoms with Crippen LogP contribution in [-0.4, -0.2) is 37.2 Å². The van der Waals surface area contributed by atoms with Crippen LogP contribution in [0.4, 0.5) is 0 Å². The van der Waals surface area contributed by atoms with Gasteiger partial charge in [0.1, 0.15) is 13.2 Å². The van der Waals surface area contributed by atoms with Gasteiger partial charge in [0.25, 0.3) is 0 Å².